The summed E-state index contributed by atoms with van der Waals surface area (Å²) >= 11 is 2.25. The van der Waals surface area contributed by atoms with Gasteiger partial charge in [0.25, 0.3) is 0 Å². The molecule has 0 aliphatic carbocycles. The maximum absolute atomic E-state index is 13.2. The standard InChI is InChI=1S/C14H13FIN/c1-9-7-11(5-6-13(9)15)14(17)10-3-2-4-12(16)8-10/h2-8,14H,17H2,1H3. The molecule has 0 bridgehead atoms. The van der Waals surface area contributed by atoms with Crippen LogP contribution in [0.1, 0.15) is 22.7 Å². The van der Waals surface area contributed by atoms with Crippen molar-refractivity contribution in [2.75, 3.05) is 0 Å². The van der Waals surface area contributed by atoms with Gasteiger partial charge in [0.15, 0.2) is 0 Å². The van der Waals surface area contributed by atoms with Crippen molar-refractivity contribution in [3.63, 3.8) is 0 Å². The molecule has 0 saturated heterocycles. The Morgan fingerprint density at radius 3 is 2.47 bits per heavy atom. The third-order valence-corrected chi connectivity index (χ3v) is 3.42. The van der Waals surface area contributed by atoms with Crippen molar-refractivity contribution < 1.29 is 4.39 Å². The predicted molar refractivity (Wildman–Crippen MR) is 76.3 cm³/mol. The fourth-order valence-corrected chi connectivity index (χ4v) is 2.32. The molecule has 17 heavy (non-hydrogen) atoms. The Bertz CT molecular complexity index is 539. The minimum absolute atomic E-state index is 0.191. The lowest BCUT2D eigenvalue weighted by atomic mass is 9.98. The maximum Gasteiger partial charge on any atom is 0.126 e. The van der Waals surface area contributed by atoms with Crippen LogP contribution in [0.3, 0.4) is 0 Å². The highest BCUT2D eigenvalue weighted by Gasteiger charge is 2.10. The van der Waals surface area contributed by atoms with Crippen LogP contribution in [0, 0.1) is 16.3 Å². The molecule has 0 saturated carbocycles. The van der Waals surface area contributed by atoms with E-state index in [-0.39, 0.29) is 11.9 Å². The van der Waals surface area contributed by atoms with Crippen molar-refractivity contribution >= 4 is 22.6 Å². The van der Waals surface area contributed by atoms with Crippen molar-refractivity contribution in [2.24, 2.45) is 5.73 Å². The minimum atomic E-state index is -0.205. The van der Waals surface area contributed by atoms with Gasteiger partial charge >= 0.3 is 0 Å². The summed E-state index contributed by atoms with van der Waals surface area (Å²) in [6.07, 6.45) is 0. The van der Waals surface area contributed by atoms with Gasteiger partial charge in [-0.1, -0.05) is 24.3 Å². The number of rotatable bonds is 2. The van der Waals surface area contributed by atoms with Crippen LogP contribution in [-0.2, 0) is 0 Å². The van der Waals surface area contributed by atoms with E-state index in [0.717, 1.165) is 14.7 Å². The van der Waals surface area contributed by atoms with E-state index in [4.69, 9.17) is 5.73 Å². The van der Waals surface area contributed by atoms with Gasteiger partial charge in [-0.2, -0.15) is 0 Å². The van der Waals surface area contributed by atoms with Crippen molar-refractivity contribution in [2.45, 2.75) is 13.0 Å². The first kappa shape index (κ1) is 12.5. The van der Waals surface area contributed by atoms with E-state index in [1.165, 1.54) is 6.07 Å². The fraction of sp³-hybridized carbons (Fsp3) is 0.143. The Labute approximate surface area is 114 Å². The summed E-state index contributed by atoms with van der Waals surface area (Å²) in [5.41, 5.74) is 8.79. The van der Waals surface area contributed by atoms with Gasteiger partial charge in [-0.15, -0.1) is 0 Å². The molecule has 0 aliphatic rings. The molecular weight excluding hydrogens is 328 g/mol. The van der Waals surface area contributed by atoms with E-state index < -0.39 is 0 Å². The smallest absolute Gasteiger partial charge is 0.126 e. The van der Waals surface area contributed by atoms with Gasteiger partial charge in [-0.25, -0.2) is 4.39 Å². The molecule has 0 amide bonds. The quantitative estimate of drug-likeness (QED) is 0.827. The lowest BCUT2D eigenvalue weighted by Crippen LogP contribution is -2.12. The van der Waals surface area contributed by atoms with Gasteiger partial charge in [0.2, 0.25) is 0 Å². The van der Waals surface area contributed by atoms with Crippen molar-refractivity contribution in [1.29, 1.82) is 0 Å². The molecule has 1 nitrogen and oxygen atoms in total. The zero-order chi connectivity index (χ0) is 12.4. The Balaban J connectivity index is 2.36. The highest BCUT2D eigenvalue weighted by Crippen LogP contribution is 2.22. The SMILES string of the molecule is Cc1cc(C(N)c2cccc(I)c2)ccc1F. The predicted octanol–water partition coefficient (Wildman–Crippen LogP) is 3.79. The normalized spacial score (nSPS) is 12.5. The summed E-state index contributed by atoms with van der Waals surface area (Å²) < 4.78 is 14.3. The Morgan fingerprint density at radius 2 is 1.82 bits per heavy atom. The molecule has 3 heteroatoms. The maximum atomic E-state index is 13.2. The molecule has 1 atom stereocenters. The molecule has 2 aromatic carbocycles. The second-order valence-corrected chi connectivity index (χ2v) is 5.29. The molecule has 0 heterocycles. The molecule has 0 aromatic heterocycles. The van der Waals surface area contributed by atoms with E-state index in [0.29, 0.717) is 5.56 Å². The van der Waals surface area contributed by atoms with E-state index in [9.17, 15) is 4.39 Å². The first-order valence-electron chi connectivity index (χ1n) is 5.35. The van der Waals surface area contributed by atoms with Gasteiger partial charge in [-0.3, -0.25) is 0 Å². The third-order valence-electron chi connectivity index (χ3n) is 2.75. The first-order chi connectivity index (χ1) is 8.08. The molecule has 2 N–H and O–H groups in total. The number of hydrogen-bond acceptors (Lipinski definition) is 1. The average molecular weight is 341 g/mol. The Kier molecular flexibility index (Phi) is 3.79. The van der Waals surface area contributed by atoms with E-state index in [1.54, 1.807) is 19.1 Å². The van der Waals surface area contributed by atoms with E-state index in [1.807, 2.05) is 24.3 Å². The summed E-state index contributed by atoms with van der Waals surface area (Å²) in [7, 11) is 0. The molecule has 2 rings (SSSR count). The van der Waals surface area contributed by atoms with Crippen LogP contribution in [0.5, 0.6) is 0 Å². The average Bonchev–Trinajstić information content (AvgIpc) is 2.32. The number of halogens is 2. The highest BCUT2D eigenvalue weighted by atomic mass is 127. The lowest BCUT2D eigenvalue weighted by Gasteiger charge is -2.13. The van der Waals surface area contributed by atoms with Crippen LogP contribution in [0.2, 0.25) is 0 Å². The third kappa shape index (κ3) is 2.84. The topological polar surface area (TPSA) is 26.0 Å². The monoisotopic (exact) mass is 341 g/mol. The van der Waals surface area contributed by atoms with Crippen LogP contribution in [0.4, 0.5) is 4.39 Å². The molecule has 0 fully saturated rings. The van der Waals surface area contributed by atoms with Crippen molar-refractivity contribution in [3.05, 3.63) is 68.5 Å². The molecular formula is C14H13FIN. The zero-order valence-corrected chi connectivity index (χ0v) is 11.6. The molecule has 88 valence electrons. The van der Waals surface area contributed by atoms with Crippen LogP contribution in [-0.4, -0.2) is 0 Å². The van der Waals surface area contributed by atoms with Crippen molar-refractivity contribution in [1.82, 2.24) is 0 Å². The van der Waals surface area contributed by atoms with Gasteiger partial charge in [0.1, 0.15) is 5.82 Å². The Morgan fingerprint density at radius 1 is 1.12 bits per heavy atom. The van der Waals surface area contributed by atoms with Gasteiger partial charge in [-0.05, 0) is 64.4 Å². The summed E-state index contributed by atoms with van der Waals surface area (Å²) in [4.78, 5) is 0. The Hall–Kier alpha value is -0.940. The number of hydrogen-bond donors (Lipinski definition) is 1. The largest absolute Gasteiger partial charge is 0.320 e. The lowest BCUT2D eigenvalue weighted by molar-refractivity contribution is 0.617. The first-order valence-corrected chi connectivity index (χ1v) is 6.43. The van der Waals surface area contributed by atoms with Crippen LogP contribution in [0.25, 0.3) is 0 Å². The molecule has 0 aliphatic heterocycles. The summed E-state index contributed by atoms with van der Waals surface area (Å²) in [6, 6.07) is 12.9. The van der Waals surface area contributed by atoms with Gasteiger partial charge < -0.3 is 5.73 Å². The molecule has 0 spiro atoms. The summed E-state index contributed by atoms with van der Waals surface area (Å²) in [5.74, 6) is -0.191. The fourth-order valence-electron chi connectivity index (χ4n) is 1.75. The van der Waals surface area contributed by atoms with Crippen LogP contribution < -0.4 is 5.73 Å². The second kappa shape index (κ2) is 5.14. The van der Waals surface area contributed by atoms with E-state index >= 15 is 0 Å². The zero-order valence-electron chi connectivity index (χ0n) is 9.45. The van der Waals surface area contributed by atoms with Crippen molar-refractivity contribution in [3.8, 4) is 0 Å². The minimum Gasteiger partial charge on any atom is -0.320 e. The molecule has 0 radical (unpaired) electrons. The van der Waals surface area contributed by atoms with E-state index in [2.05, 4.69) is 22.6 Å². The summed E-state index contributed by atoms with van der Waals surface area (Å²) in [6.45, 7) is 1.75. The highest BCUT2D eigenvalue weighted by molar-refractivity contribution is 14.1. The number of nitrogens with two attached hydrogens (primary N) is 1. The van der Waals surface area contributed by atoms with Crippen LogP contribution in [0.15, 0.2) is 42.5 Å². The van der Waals surface area contributed by atoms with Gasteiger partial charge in [0, 0.05) is 3.57 Å². The summed E-state index contributed by atoms with van der Waals surface area (Å²) in [5, 5.41) is 0. The van der Waals surface area contributed by atoms with Gasteiger partial charge in [0.05, 0.1) is 6.04 Å². The molecule has 2 aromatic rings. The number of aryl methyl sites for hydroxylation is 1. The molecule has 1 unspecified atom stereocenters. The number of benzene rings is 2. The van der Waals surface area contributed by atoms with Crippen LogP contribution >= 0.6 is 22.6 Å². The second-order valence-electron chi connectivity index (χ2n) is 4.04.